The molecule has 110 valence electrons. The molecule has 1 aliphatic carbocycles. The second-order valence-corrected chi connectivity index (χ2v) is 6.91. The van der Waals surface area contributed by atoms with Crippen LogP contribution < -0.4 is 0 Å². The molecule has 5 atom stereocenters. The summed E-state index contributed by atoms with van der Waals surface area (Å²) in [7, 11) is 0. The van der Waals surface area contributed by atoms with Crippen LogP contribution in [0, 0.1) is 45.8 Å². The molecule has 0 aromatic heterocycles. The number of hydrogen-bond donors (Lipinski definition) is 1. The predicted molar refractivity (Wildman–Crippen MR) is 87.7 cm³/mol. The average Bonchev–Trinajstić information content (AvgIpc) is 2.46. The van der Waals surface area contributed by atoms with Crippen LogP contribution in [0.2, 0.25) is 0 Å². The first-order valence-corrected chi connectivity index (χ1v) is 8.38. The first kappa shape index (κ1) is 17.5. The molecule has 1 unspecified atom stereocenters. The van der Waals surface area contributed by atoms with Crippen LogP contribution in [0.3, 0.4) is 0 Å². The molecule has 1 N–H and O–H groups in total. The lowest BCUT2D eigenvalue weighted by atomic mass is 9.55. The van der Waals surface area contributed by atoms with Gasteiger partial charge in [0, 0.05) is 5.92 Å². The van der Waals surface area contributed by atoms with Gasteiger partial charge >= 0.3 is 0 Å². The Hall–Kier alpha value is -0.590. The van der Waals surface area contributed by atoms with E-state index in [2.05, 4.69) is 53.5 Å². The monoisotopic (exact) mass is 386 g/mol. The number of halogens is 1. The summed E-state index contributed by atoms with van der Waals surface area (Å²) in [5, 5.41) is 28.5. The number of hydrogen-bond acceptors (Lipinski definition) is 3. The van der Waals surface area contributed by atoms with Gasteiger partial charge in [-0.15, -0.1) is 0 Å². The number of nitrogens with zero attached hydrogens (tertiary/aromatic N) is 2. The van der Waals surface area contributed by atoms with Crippen molar-refractivity contribution in [2.75, 3.05) is 0 Å². The summed E-state index contributed by atoms with van der Waals surface area (Å²) >= 11 is 2.24. The Kier molecular flexibility index (Phi) is 6.48. The van der Waals surface area contributed by atoms with E-state index >= 15 is 0 Å². The van der Waals surface area contributed by atoms with Gasteiger partial charge in [0.15, 0.2) is 0 Å². The minimum absolute atomic E-state index is 0.129. The normalized spacial score (nSPS) is 36.0. The summed E-state index contributed by atoms with van der Waals surface area (Å²) in [4.78, 5) is 0. The highest BCUT2D eigenvalue weighted by molar-refractivity contribution is 14.1. The largest absolute Gasteiger partial charge is 0.378 e. The molecule has 0 aromatic rings. The summed E-state index contributed by atoms with van der Waals surface area (Å²) in [6, 6.07) is 4.32. The van der Waals surface area contributed by atoms with Gasteiger partial charge in [-0.25, -0.2) is 0 Å². The van der Waals surface area contributed by atoms with Gasteiger partial charge in [0.2, 0.25) is 0 Å². The Balaban J connectivity index is 2.99. The molecule has 0 aromatic carbocycles. The van der Waals surface area contributed by atoms with E-state index in [4.69, 9.17) is 5.26 Å². The van der Waals surface area contributed by atoms with Crippen molar-refractivity contribution >= 4 is 22.6 Å². The minimum Gasteiger partial charge on any atom is -0.378 e. The molecule has 0 bridgehead atoms. The van der Waals surface area contributed by atoms with Gasteiger partial charge in [0.1, 0.15) is 6.10 Å². The van der Waals surface area contributed by atoms with E-state index in [0.717, 1.165) is 25.7 Å². The van der Waals surface area contributed by atoms with Crippen LogP contribution in [0.5, 0.6) is 0 Å². The van der Waals surface area contributed by atoms with E-state index in [1.54, 1.807) is 0 Å². The molecule has 1 fully saturated rings. The Labute approximate surface area is 135 Å². The lowest BCUT2D eigenvalue weighted by molar-refractivity contribution is -0.0121. The number of rotatable bonds is 4. The van der Waals surface area contributed by atoms with Gasteiger partial charge in [-0.2, -0.15) is 10.5 Å². The average molecular weight is 386 g/mol. The summed E-state index contributed by atoms with van der Waals surface area (Å²) in [6.45, 7) is 6.46. The highest BCUT2D eigenvalue weighted by Gasteiger charge is 2.48. The molecule has 0 aliphatic heterocycles. The predicted octanol–water partition coefficient (Wildman–Crippen LogP) is 4.18. The number of nitriles is 2. The smallest absolute Gasteiger partial charge is 0.144 e. The van der Waals surface area contributed by atoms with Crippen molar-refractivity contribution < 1.29 is 5.11 Å². The summed E-state index contributed by atoms with van der Waals surface area (Å²) in [5.74, 6) is -0.0192. The van der Waals surface area contributed by atoms with Gasteiger partial charge < -0.3 is 5.11 Å². The van der Waals surface area contributed by atoms with Crippen molar-refractivity contribution in [1.29, 1.82) is 10.5 Å². The van der Waals surface area contributed by atoms with Gasteiger partial charge in [-0.05, 0) is 48.0 Å². The quantitative estimate of drug-likeness (QED) is 0.582. The van der Waals surface area contributed by atoms with Crippen molar-refractivity contribution in [2.24, 2.45) is 23.2 Å². The van der Waals surface area contributed by atoms with Crippen LogP contribution in [0.4, 0.5) is 0 Å². The third-order valence-corrected chi connectivity index (χ3v) is 6.18. The third kappa shape index (κ3) is 3.54. The molecule has 20 heavy (non-hydrogen) atoms. The topological polar surface area (TPSA) is 67.8 Å². The zero-order valence-electron chi connectivity index (χ0n) is 12.4. The van der Waals surface area contributed by atoms with Crippen LogP contribution in [0.1, 0.15) is 46.5 Å². The fraction of sp³-hybridized carbons (Fsp3) is 0.750. The molecule has 4 heteroatoms. The van der Waals surface area contributed by atoms with Gasteiger partial charge in [-0.3, -0.25) is 0 Å². The van der Waals surface area contributed by atoms with Crippen LogP contribution >= 0.6 is 22.6 Å². The number of allylic oxidation sites excluding steroid dienone is 1. The lowest BCUT2D eigenvalue weighted by Gasteiger charge is -2.48. The summed E-state index contributed by atoms with van der Waals surface area (Å²) in [6.07, 6.45) is 2.63. The van der Waals surface area contributed by atoms with E-state index in [1.807, 2.05) is 6.07 Å². The minimum atomic E-state index is -1.02. The van der Waals surface area contributed by atoms with E-state index < -0.39 is 6.10 Å². The molecular formula is C16H23IN2O. The van der Waals surface area contributed by atoms with Crippen LogP contribution in [0.25, 0.3) is 0 Å². The van der Waals surface area contributed by atoms with Crippen LogP contribution in [-0.4, -0.2) is 11.2 Å². The molecule has 0 saturated heterocycles. The SMILES string of the molecule is C/C(=C\I)CC[C@@]1(C)[C@H](C)CC[C@@H](C(O)C#N)[C@H]1C#N. The van der Waals surface area contributed by atoms with Gasteiger partial charge in [0.25, 0.3) is 0 Å². The Morgan fingerprint density at radius 1 is 1.50 bits per heavy atom. The van der Waals surface area contributed by atoms with E-state index in [9.17, 15) is 10.4 Å². The molecule has 0 amide bonds. The molecule has 3 nitrogen and oxygen atoms in total. The highest BCUT2D eigenvalue weighted by atomic mass is 127. The van der Waals surface area contributed by atoms with E-state index in [1.165, 1.54) is 5.57 Å². The molecule has 1 saturated carbocycles. The van der Waals surface area contributed by atoms with Crippen LogP contribution in [0.15, 0.2) is 9.66 Å². The van der Waals surface area contributed by atoms with Crippen molar-refractivity contribution in [3.8, 4) is 12.1 Å². The van der Waals surface area contributed by atoms with Gasteiger partial charge in [0.05, 0.1) is 18.1 Å². The first-order valence-electron chi connectivity index (χ1n) is 7.13. The first-order chi connectivity index (χ1) is 9.40. The molecule has 0 spiro atoms. The standard InChI is InChI=1S/C16H23IN2O/c1-11(8-17)6-7-16(3)12(2)4-5-13(14(16)9-18)15(20)10-19/h8,12-15,20H,4-7H2,1-3H3/b11-8+/t12-,13-,14-,15?,16+/m1/s1. The zero-order valence-corrected chi connectivity index (χ0v) is 14.6. The molecule has 1 aliphatic rings. The van der Waals surface area contributed by atoms with Crippen molar-refractivity contribution in [2.45, 2.75) is 52.6 Å². The molecule has 0 heterocycles. The van der Waals surface area contributed by atoms with Crippen molar-refractivity contribution in [1.82, 2.24) is 0 Å². The second kappa shape index (κ2) is 7.43. The van der Waals surface area contributed by atoms with Crippen LogP contribution in [-0.2, 0) is 0 Å². The van der Waals surface area contributed by atoms with E-state index in [0.29, 0.717) is 5.92 Å². The maximum Gasteiger partial charge on any atom is 0.144 e. The summed E-state index contributed by atoms with van der Waals surface area (Å²) < 4.78 is 2.08. The Morgan fingerprint density at radius 2 is 2.15 bits per heavy atom. The molecular weight excluding hydrogens is 363 g/mol. The second-order valence-electron chi connectivity index (χ2n) is 6.28. The number of aliphatic hydroxyl groups is 1. The van der Waals surface area contributed by atoms with Gasteiger partial charge in [-0.1, -0.05) is 42.0 Å². The van der Waals surface area contributed by atoms with Crippen molar-refractivity contribution in [3.05, 3.63) is 9.66 Å². The fourth-order valence-electron chi connectivity index (χ4n) is 3.34. The third-order valence-electron chi connectivity index (χ3n) is 5.12. The van der Waals surface area contributed by atoms with Crippen molar-refractivity contribution in [3.63, 3.8) is 0 Å². The number of aliphatic hydroxyl groups excluding tert-OH is 1. The molecule has 0 radical (unpaired) electrons. The zero-order chi connectivity index (χ0) is 15.3. The molecule has 1 rings (SSSR count). The lowest BCUT2D eigenvalue weighted by Crippen LogP contribution is -2.45. The maximum atomic E-state index is 9.90. The van der Waals surface area contributed by atoms with E-state index in [-0.39, 0.29) is 17.3 Å². The Bertz CT molecular complexity index is 448. The fourth-order valence-corrected chi connectivity index (χ4v) is 3.65. The highest BCUT2D eigenvalue weighted by Crippen LogP contribution is 2.51. The Morgan fingerprint density at radius 3 is 2.65 bits per heavy atom. The summed E-state index contributed by atoms with van der Waals surface area (Å²) in [5.41, 5.74) is 1.19. The maximum absolute atomic E-state index is 9.90.